The Morgan fingerprint density at radius 1 is 1.00 bits per heavy atom. The number of carbonyl (C=O) groups is 2. The van der Waals surface area contributed by atoms with Gasteiger partial charge in [-0.05, 0) is 11.6 Å². The number of aromatic amines is 1. The van der Waals surface area contributed by atoms with Crippen LogP contribution in [0.5, 0.6) is 0 Å². The summed E-state index contributed by atoms with van der Waals surface area (Å²) in [5.41, 5.74) is 2.54. The molecule has 4 rings (SSSR count). The van der Waals surface area contributed by atoms with E-state index in [1.165, 1.54) is 23.8 Å². The zero-order chi connectivity index (χ0) is 21.8. The van der Waals surface area contributed by atoms with Crippen molar-refractivity contribution in [2.75, 3.05) is 13.7 Å². The normalized spacial score (nSPS) is 10.7. The summed E-state index contributed by atoms with van der Waals surface area (Å²) in [7, 11) is 1.31. The molecule has 8 nitrogen and oxygen atoms in total. The Kier molecular flexibility index (Phi) is 5.61. The molecule has 0 saturated heterocycles. The predicted molar refractivity (Wildman–Crippen MR) is 113 cm³/mol. The van der Waals surface area contributed by atoms with E-state index in [4.69, 9.17) is 9.47 Å². The lowest BCUT2D eigenvalue weighted by Gasteiger charge is -2.08. The number of methoxy groups -OCH3 is 1. The van der Waals surface area contributed by atoms with Gasteiger partial charge in [-0.3, -0.25) is 9.89 Å². The lowest BCUT2D eigenvalue weighted by molar-refractivity contribution is 0.0501. The SMILES string of the molecule is COC(=O)c1ccccc1CCOC(=O)c1cc2nc(-c3ccccc3)cc(=O)n2[nH]1. The van der Waals surface area contributed by atoms with Crippen molar-refractivity contribution >= 4 is 17.6 Å². The second-order valence-corrected chi connectivity index (χ2v) is 6.74. The molecule has 2 aromatic heterocycles. The number of nitrogens with zero attached hydrogens (tertiary/aromatic N) is 2. The van der Waals surface area contributed by atoms with Crippen LogP contribution in [0.2, 0.25) is 0 Å². The average Bonchev–Trinajstić information content (AvgIpc) is 3.24. The van der Waals surface area contributed by atoms with E-state index in [1.807, 2.05) is 30.3 Å². The van der Waals surface area contributed by atoms with Crippen LogP contribution in [0.3, 0.4) is 0 Å². The molecule has 8 heteroatoms. The van der Waals surface area contributed by atoms with E-state index < -0.39 is 11.9 Å². The molecule has 0 saturated carbocycles. The molecule has 0 fully saturated rings. The Labute approximate surface area is 177 Å². The summed E-state index contributed by atoms with van der Waals surface area (Å²) in [5.74, 6) is -1.07. The molecule has 31 heavy (non-hydrogen) atoms. The van der Waals surface area contributed by atoms with Gasteiger partial charge in [0.15, 0.2) is 5.65 Å². The molecular weight excluding hydrogens is 398 g/mol. The largest absolute Gasteiger partial charge is 0.465 e. The predicted octanol–water partition coefficient (Wildman–Crippen LogP) is 2.88. The number of hydrogen-bond donors (Lipinski definition) is 1. The fourth-order valence-electron chi connectivity index (χ4n) is 3.23. The monoisotopic (exact) mass is 417 g/mol. The molecule has 0 aliphatic heterocycles. The molecule has 0 radical (unpaired) electrons. The molecule has 0 bridgehead atoms. The van der Waals surface area contributed by atoms with Crippen LogP contribution in [0, 0.1) is 0 Å². The molecule has 1 N–H and O–H groups in total. The summed E-state index contributed by atoms with van der Waals surface area (Å²) in [6, 6.07) is 19.1. The number of fused-ring (bicyclic) bond motifs is 1. The summed E-state index contributed by atoms with van der Waals surface area (Å²) < 4.78 is 11.3. The molecule has 4 aromatic rings. The van der Waals surface area contributed by atoms with Crippen molar-refractivity contribution in [2.45, 2.75) is 6.42 Å². The van der Waals surface area contributed by atoms with Crippen LogP contribution >= 0.6 is 0 Å². The van der Waals surface area contributed by atoms with E-state index >= 15 is 0 Å². The van der Waals surface area contributed by atoms with Crippen LogP contribution < -0.4 is 5.56 Å². The highest BCUT2D eigenvalue weighted by molar-refractivity contribution is 5.91. The number of ether oxygens (including phenoxy) is 2. The van der Waals surface area contributed by atoms with Gasteiger partial charge in [-0.2, -0.15) is 0 Å². The van der Waals surface area contributed by atoms with E-state index in [0.717, 1.165) is 5.56 Å². The standard InChI is InChI=1S/C23H19N3O5/c1-30-22(28)17-10-6-5-7-15(17)11-12-31-23(29)19-13-20-24-18(14-21(27)26(20)25-19)16-8-3-2-4-9-16/h2-10,13-14,25H,11-12H2,1H3. The first-order valence-corrected chi connectivity index (χ1v) is 9.58. The van der Waals surface area contributed by atoms with Gasteiger partial charge in [-0.25, -0.2) is 19.1 Å². The Morgan fingerprint density at radius 2 is 1.74 bits per heavy atom. The Hall–Kier alpha value is -4.20. The Morgan fingerprint density at radius 3 is 2.52 bits per heavy atom. The number of nitrogens with one attached hydrogen (secondary N) is 1. The van der Waals surface area contributed by atoms with E-state index in [2.05, 4.69) is 10.1 Å². The zero-order valence-electron chi connectivity index (χ0n) is 16.7. The van der Waals surface area contributed by atoms with E-state index in [-0.39, 0.29) is 17.9 Å². The molecule has 156 valence electrons. The van der Waals surface area contributed by atoms with Crippen molar-refractivity contribution in [3.63, 3.8) is 0 Å². The maximum atomic E-state index is 12.5. The first-order chi connectivity index (χ1) is 15.1. The Bertz CT molecular complexity index is 1310. The number of carbonyl (C=O) groups excluding carboxylic acids is 2. The molecule has 2 heterocycles. The molecule has 0 aliphatic carbocycles. The lowest BCUT2D eigenvalue weighted by atomic mass is 10.1. The van der Waals surface area contributed by atoms with E-state index in [1.54, 1.807) is 24.3 Å². The van der Waals surface area contributed by atoms with Gasteiger partial charge in [-0.15, -0.1) is 0 Å². The van der Waals surface area contributed by atoms with Crippen molar-refractivity contribution < 1.29 is 19.1 Å². The van der Waals surface area contributed by atoms with Gasteiger partial charge < -0.3 is 9.47 Å². The van der Waals surface area contributed by atoms with Crippen LogP contribution in [-0.2, 0) is 15.9 Å². The van der Waals surface area contributed by atoms with Crippen LogP contribution in [0.4, 0.5) is 0 Å². The number of esters is 2. The minimum Gasteiger partial charge on any atom is -0.465 e. The summed E-state index contributed by atoms with van der Waals surface area (Å²) in [5, 5.41) is 2.72. The van der Waals surface area contributed by atoms with E-state index in [0.29, 0.717) is 28.9 Å². The third-order valence-electron chi connectivity index (χ3n) is 4.77. The number of benzene rings is 2. The molecule has 0 spiro atoms. The summed E-state index contributed by atoms with van der Waals surface area (Å²) in [4.78, 5) is 41.2. The molecule has 0 aliphatic rings. The molecule has 0 atom stereocenters. The summed E-state index contributed by atoms with van der Waals surface area (Å²) in [6.45, 7) is 0.0554. The molecule has 0 amide bonds. The van der Waals surface area contributed by atoms with Crippen molar-refractivity contribution in [1.82, 2.24) is 14.6 Å². The van der Waals surface area contributed by atoms with Crippen molar-refractivity contribution in [3.8, 4) is 11.3 Å². The van der Waals surface area contributed by atoms with Crippen LogP contribution in [0.1, 0.15) is 26.4 Å². The second kappa shape index (κ2) is 8.66. The molecule has 2 aromatic carbocycles. The summed E-state index contributed by atoms with van der Waals surface area (Å²) in [6.07, 6.45) is 0.341. The summed E-state index contributed by atoms with van der Waals surface area (Å²) >= 11 is 0. The number of H-pyrrole nitrogens is 1. The zero-order valence-corrected chi connectivity index (χ0v) is 16.7. The molecule has 0 unspecified atom stereocenters. The molecular formula is C23H19N3O5. The second-order valence-electron chi connectivity index (χ2n) is 6.74. The minimum absolute atomic E-state index is 0.0554. The first-order valence-electron chi connectivity index (χ1n) is 9.58. The highest BCUT2D eigenvalue weighted by Gasteiger charge is 2.15. The quantitative estimate of drug-likeness (QED) is 0.484. The average molecular weight is 417 g/mol. The van der Waals surface area contributed by atoms with Crippen LogP contribution in [0.15, 0.2) is 71.5 Å². The number of hydrogen-bond acceptors (Lipinski definition) is 6. The fourth-order valence-corrected chi connectivity index (χ4v) is 3.23. The van der Waals surface area contributed by atoms with Crippen molar-refractivity contribution in [2.24, 2.45) is 0 Å². The highest BCUT2D eigenvalue weighted by atomic mass is 16.5. The highest BCUT2D eigenvalue weighted by Crippen LogP contribution is 2.16. The number of rotatable bonds is 6. The van der Waals surface area contributed by atoms with Crippen LogP contribution in [-0.4, -0.2) is 40.3 Å². The Balaban J connectivity index is 1.50. The van der Waals surface area contributed by atoms with Gasteiger partial charge >= 0.3 is 11.9 Å². The van der Waals surface area contributed by atoms with Crippen LogP contribution in [0.25, 0.3) is 16.9 Å². The van der Waals surface area contributed by atoms with Gasteiger partial charge in [0.2, 0.25) is 0 Å². The minimum atomic E-state index is -0.623. The number of aromatic nitrogens is 3. The maximum absolute atomic E-state index is 12.5. The fraction of sp³-hybridized carbons (Fsp3) is 0.130. The third-order valence-corrected chi connectivity index (χ3v) is 4.77. The van der Waals surface area contributed by atoms with Crippen molar-refractivity contribution in [3.05, 3.63) is 93.9 Å². The van der Waals surface area contributed by atoms with Gasteiger partial charge in [0.1, 0.15) is 5.69 Å². The smallest absolute Gasteiger partial charge is 0.356 e. The van der Waals surface area contributed by atoms with Gasteiger partial charge in [0, 0.05) is 24.1 Å². The first kappa shape index (κ1) is 20.1. The topological polar surface area (TPSA) is 103 Å². The van der Waals surface area contributed by atoms with E-state index in [9.17, 15) is 14.4 Å². The van der Waals surface area contributed by atoms with Gasteiger partial charge in [0.05, 0.1) is 25.0 Å². The third kappa shape index (κ3) is 4.23. The van der Waals surface area contributed by atoms with Gasteiger partial charge in [0.25, 0.3) is 5.56 Å². The van der Waals surface area contributed by atoms with Crippen molar-refractivity contribution in [1.29, 1.82) is 0 Å². The maximum Gasteiger partial charge on any atom is 0.356 e. The lowest BCUT2D eigenvalue weighted by Crippen LogP contribution is -2.15. The van der Waals surface area contributed by atoms with Gasteiger partial charge in [-0.1, -0.05) is 48.5 Å².